The Balaban J connectivity index is 1.89. The molecule has 6 heteroatoms. The monoisotopic (exact) mass is 371 g/mol. The van der Waals surface area contributed by atoms with Gasteiger partial charge in [0.15, 0.2) is 0 Å². The van der Waals surface area contributed by atoms with Gasteiger partial charge in [-0.2, -0.15) is 0 Å². The number of urea groups is 1. The molecule has 27 heavy (non-hydrogen) atoms. The second-order valence-corrected chi connectivity index (χ2v) is 7.16. The number of nitrogens with zero attached hydrogens (tertiary/aromatic N) is 1. The number of allylic oxidation sites excluding steroid dienone is 1. The fraction of sp³-hybridized carbons (Fsp3) is 0.524. The standard InChI is InChI=1S/C21H29N3O3/c1-3-4-8-17-18(20(25)27-2)19(23-21(26)22-17)15-9-11-16(12-10-15)24-13-6-5-7-14-24/h9-12,19H,3-8,13-14H2,1-2H3,(H2,22,23,26). The van der Waals surface area contributed by atoms with Crippen molar-refractivity contribution in [3.8, 4) is 0 Å². The summed E-state index contributed by atoms with van der Waals surface area (Å²) in [6.45, 7) is 4.24. The van der Waals surface area contributed by atoms with Gasteiger partial charge < -0.3 is 20.3 Å². The second-order valence-electron chi connectivity index (χ2n) is 7.16. The zero-order chi connectivity index (χ0) is 19.2. The van der Waals surface area contributed by atoms with Crippen LogP contribution in [0.2, 0.25) is 0 Å². The average molecular weight is 371 g/mol. The molecule has 0 aliphatic carbocycles. The van der Waals surface area contributed by atoms with Crippen LogP contribution in [0.3, 0.4) is 0 Å². The van der Waals surface area contributed by atoms with Crippen LogP contribution in [0.1, 0.15) is 57.1 Å². The number of ether oxygens (including phenoxy) is 1. The van der Waals surface area contributed by atoms with Gasteiger partial charge in [-0.05, 0) is 49.8 Å². The lowest BCUT2D eigenvalue weighted by Crippen LogP contribution is -2.45. The Morgan fingerprint density at radius 3 is 2.52 bits per heavy atom. The number of esters is 1. The molecule has 2 amide bonds. The Bertz CT molecular complexity index is 706. The summed E-state index contributed by atoms with van der Waals surface area (Å²) in [5.74, 6) is -0.404. The summed E-state index contributed by atoms with van der Waals surface area (Å²) in [7, 11) is 1.37. The third-order valence-electron chi connectivity index (χ3n) is 5.29. The van der Waals surface area contributed by atoms with Crippen molar-refractivity contribution in [2.75, 3.05) is 25.1 Å². The van der Waals surface area contributed by atoms with Crippen molar-refractivity contribution in [3.05, 3.63) is 41.1 Å². The summed E-state index contributed by atoms with van der Waals surface area (Å²) < 4.78 is 5.01. The molecule has 2 N–H and O–H groups in total. The van der Waals surface area contributed by atoms with Crippen LogP contribution in [-0.4, -0.2) is 32.2 Å². The van der Waals surface area contributed by atoms with E-state index in [9.17, 15) is 9.59 Å². The number of rotatable bonds is 6. The normalized spacial score (nSPS) is 20.1. The van der Waals surface area contributed by atoms with Crippen molar-refractivity contribution in [1.82, 2.24) is 10.6 Å². The van der Waals surface area contributed by atoms with Crippen molar-refractivity contribution in [3.63, 3.8) is 0 Å². The molecule has 1 saturated heterocycles. The summed E-state index contributed by atoms with van der Waals surface area (Å²) in [5.41, 5.74) is 3.24. The van der Waals surface area contributed by atoms with Crippen molar-refractivity contribution >= 4 is 17.7 Å². The van der Waals surface area contributed by atoms with Crippen LogP contribution >= 0.6 is 0 Å². The van der Waals surface area contributed by atoms with Crippen LogP contribution in [0.25, 0.3) is 0 Å². The van der Waals surface area contributed by atoms with E-state index < -0.39 is 12.0 Å². The minimum atomic E-state index is -0.492. The number of methoxy groups -OCH3 is 1. The highest BCUT2D eigenvalue weighted by molar-refractivity contribution is 5.95. The van der Waals surface area contributed by atoms with Gasteiger partial charge in [-0.25, -0.2) is 9.59 Å². The van der Waals surface area contributed by atoms with Crippen LogP contribution in [0.4, 0.5) is 10.5 Å². The molecule has 2 aliphatic heterocycles. The van der Waals surface area contributed by atoms with Gasteiger partial charge in [0.25, 0.3) is 0 Å². The van der Waals surface area contributed by atoms with Crippen LogP contribution in [0, 0.1) is 0 Å². The number of benzene rings is 1. The molecule has 0 saturated carbocycles. The van der Waals surface area contributed by atoms with Crippen LogP contribution in [0.5, 0.6) is 0 Å². The fourth-order valence-electron chi connectivity index (χ4n) is 3.80. The molecule has 6 nitrogen and oxygen atoms in total. The van der Waals surface area contributed by atoms with Crippen molar-refractivity contribution < 1.29 is 14.3 Å². The number of carbonyl (C=O) groups excluding carboxylic acids is 2. The maximum atomic E-state index is 12.5. The van der Waals surface area contributed by atoms with E-state index in [0.29, 0.717) is 17.7 Å². The number of piperidine rings is 1. The second kappa shape index (κ2) is 8.93. The largest absolute Gasteiger partial charge is 0.466 e. The van der Waals surface area contributed by atoms with E-state index >= 15 is 0 Å². The minimum Gasteiger partial charge on any atom is -0.466 e. The molecule has 2 aliphatic rings. The first-order valence-electron chi connectivity index (χ1n) is 9.87. The van der Waals surface area contributed by atoms with Gasteiger partial charge in [-0.15, -0.1) is 0 Å². The van der Waals surface area contributed by atoms with Gasteiger partial charge in [0.05, 0.1) is 18.7 Å². The Labute approximate surface area is 161 Å². The zero-order valence-electron chi connectivity index (χ0n) is 16.2. The Morgan fingerprint density at radius 1 is 1.19 bits per heavy atom. The third kappa shape index (κ3) is 4.43. The van der Waals surface area contributed by atoms with E-state index in [4.69, 9.17) is 4.74 Å². The van der Waals surface area contributed by atoms with Gasteiger partial charge in [0, 0.05) is 24.5 Å². The molecule has 3 rings (SSSR count). The smallest absolute Gasteiger partial charge is 0.337 e. The van der Waals surface area contributed by atoms with Gasteiger partial charge in [-0.3, -0.25) is 0 Å². The molecular formula is C21H29N3O3. The zero-order valence-corrected chi connectivity index (χ0v) is 16.2. The fourth-order valence-corrected chi connectivity index (χ4v) is 3.80. The molecule has 1 unspecified atom stereocenters. The van der Waals surface area contributed by atoms with Gasteiger partial charge in [-0.1, -0.05) is 25.5 Å². The van der Waals surface area contributed by atoms with E-state index in [1.807, 2.05) is 12.1 Å². The summed E-state index contributed by atoms with van der Waals surface area (Å²) >= 11 is 0. The quantitative estimate of drug-likeness (QED) is 0.749. The number of anilines is 1. The molecule has 0 bridgehead atoms. The van der Waals surface area contributed by atoms with E-state index in [-0.39, 0.29) is 6.03 Å². The van der Waals surface area contributed by atoms with E-state index in [1.165, 1.54) is 32.1 Å². The number of hydrogen-bond acceptors (Lipinski definition) is 4. The van der Waals surface area contributed by atoms with Crippen LogP contribution in [-0.2, 0) is 9.53 Å². The lowest BCUT2D eigenvalue weighted by molar-refractivity contribution is -0.136. The highest BCUT2D eigenvalue weighted by atomic mass is 16.5. The molecular weight excluding hydrogens is 342 g/mol. The van der Waals surface area contributed by atoms with E-state index in [2.05, 4.69) is 34.6 Å². The first-order valence-corrected chi connectivity index (χ1v) is 9.87. The molecule has 0 radical (unpaired) electrons. The predicted molar refractivity (Wildman–Crippen MR) is 105 cm³/mol. The number of unbranched alkanes of at least 4 members (excludes halogenated alkanes) is 1. The van der Waals surface area contributed by atoms with Crippen molar-refractivity contribution in [2.45, 2.75) is 51.5 Å². The Kier molecular flexibility index (Phi) is 6.37. The number of carbonyl (C=O) groups is 2. The number of hydrogen-bond donors (Lipinski definition) is 2. The van der Waals surface area contributed by atoms with E-state index in [0.717, 1.165) is 31.5 Å². The average Bonchev–Trinajstić information content (AvgIpc) is 2.72. The summed E-state index contributed by atoms with van der Waals surface area (Å²) in [6, 6.07) is 7.39. The number of amides is 2. The summed E-state index contributed by atoms with van der Waals surface area (Å²) in [5, 5.41) is 5.68. The predicted octanol–water partition coefficient (Wildman–Crippen LogP) is 3.65. The van der Waals surface area contributed by atoms with Crippen LogP contribution < -0.4 is 15.5 Å². The molecule has 146 valence electrons. The van der Waals surface area contributed by atoms with Crippen molar-refractivity contribution in [1.29, 1.82) is 0 Å². The molecule has 0 aromatic heterocycles. The first kappa shape index (κ1) is 19.3. The lowest BCUT2D eigenvalue weighted by atomic mass is 9.93. The molecule has 0 spiro atoms. The molecule has 1 aromatic carbocycles. The first-order chi connectivity index (χ1) is 13.1. The van der Waals surface area contributed by atoms with Gasteiger partial charge in [0.1, 0.15) is 0 Å². The van der Waals surface area contributed by atoms with Gasteiger partial charge >= 0.3 is 12.0 Å². The van der Waals surface area contributed by atoms with Crippen molar-refractivity contribution in [2.24, 2.45) is 0 Å². The highest BCUT2D eigenvalue weighted by Gasteiger charge is 2.33. The molecule has 1 fully saturated rings. The summed E-state index contributed by atoms with van der Waals surface area (Å²) in [4.78, 5) is 27.0. The summed E-state index contributed by atoms with van der Waals surface area (Å²) in [6.07, 6.45) is 6.28. The molecule has 2 heterocycles. The van der Waals surface area contributed by atoms with Crippen LogP contribution in [0.15, 0.2) is 35.5 Å². The maximum absolute atomic E-state index is 12.5. The highest BCUT2D eigenvalue weighted by Crippen LogP contribution is 2.31. The molecule has 1 atom stereocenters. The SMILES string of the molecule is CCCCC1=C(C(=O)OC)C(c2ccc(N3CCCCC3)cc2)NC(=O)N1. The Hall–Kier alpha value is -2.50. The number of nitrogens with one attached hydrogen (secondary N) is 2. The Morgan fingerprint density at radius 2 is 1.89 bits per heavy atom. The van der Waals surface area contributed by atoms with E-state index in [1.54, 1.807) is 0 Å². The molecule has 1 aromatic rings. The van der Waals surface area contributed by atoms with Gasteiger partial charge in [0.2, 0.25) is 0 Å². The topological polar surface area (TPSA) is 70.7 Å². The maximum Gasteiger partial charge on any atom is 0.337 e. The third-order valence-corrected chi connectivity index (χ3v) is 5.29. The lowest BCUT2D eigenvalue weighted by Gasteiger charge is -2.31. The minimum absolute atomic E-state index is 0.279.